The van der Waals surface area contributed by atoms with Crippen molar-refractivity contribution in [2.24, 2.45) is 0 Å². The van der Waals surface area contributed by atoms with Crippen LogP contribution in [0.3, 0.4) is 0 Å². The lowest BCUT2D eigenvalue weighted by Crippen LogP contribution is -2.11. The molecule has 10 aromatic carbocycles. The molecule has 0 saturated carbocycles. The average Bonchev–Trinajstić information content (AvgIpc) is 4.02. The van der Waals surface area contributed by atoms with E-state index in [2.05, 4.69) is 234 Å². The van der Waals surface area contributed by atoms with E-state index in [-0.39, 0.29) is 0 Å². The maximum absolute atomic E-state index is 12.2. The molecule has 0 aliphatic rings. The fraction of sp³-hybridized carbons (Fsp3) is 0.0606. The van der Waals surface area contributed by atoms with Crippen LogP contribution in [0, 0.1) is 45.6 Å². The zero-order valence-corrected chi connectivity index (χ0v) is 39.8. The monoisotopic (exact) mass is 907 g/mol. The zero-order chi connectivity index (χ0) is 48.1. The number of aromatic nitrogens is 3. The number of rotatable bonds is 6. The minimum atomic E-state index is 0.388. The lowest BCUT2D eigenvalue weighted by atomic mass is 9.93. The highest BCUT2D eigenvalue weighted by molar-refractivity contribution is 6.17. The van der Waals surface area contributed by atoms with Gasteiger partial charge < -0.3 is 13.7 Å². The first-order valence-corrected chi connectivity index (χ1v) is 24.1. The highest BCUT2D eigenvalue weighted by Crippen LogP contribution is 2.52. The highest BCUT2D eigenvalue weighted by Gasteiger charge is 2.33. The summed E-state index contributed by atoms with van der Waals surface area (Å²) in [7, 11) is 0. The Morgan fingerprint density at radius 2 is 0.676 bits per heavy atom. The van der Waals surface area contributed by atoms with E-state index >= 15 is 0 Å². The third-order valence-electron chi connectivity index (χ3n) is 14.5. The van der Waals surface area contributed by atoms with Gasteiger partial charge in [0.1, 0.15) is 6.07 Å². The third-order valence-corrected chi connectivity index (χ3v) is 14.5. The van der Waals surface area contributed by atoms with Crippen LogP contribution in [0.2, 0.25) is 0 Å². The molecule has 0 fully saturated rings. The van der Waals surface area contributed by atoms with Crippen LogP contribution in [0.25, 0.3) is 121 Å². The Balaban J connectivity index is 1.29. The molecule has 3 aromatic heterocycles. The van der Waals surface area contributed by atoms with E-state index < -0.39 is 0 Å². The smallest absolute Gasteiger partial charge is 0.236 e. The Hall–Kier alpha value is -9.42. The SMILES string of the molecule is [C-]#[N+]c1c(-n2c3ccc(C)cc3c3cc(C)ccc32)c(C#N)c(-n2c3ccc(C)cc3c3cc(-c4ccccc4)ccc32)c(-c2ccccc2)c1-n1c2ccc(C)cc2c2cc(-c3ccccc3)ccc21. The Morgan fingerprint density at radius 3 is 1.04 bits per heavy atom. The molecule has 13 aromatic rings. The van der Waals surface area contributed by atoms with Crippen molar-refractivity contribution < 1.29 is 0 Å². The Morgan fingerprint density at radius 1 is 0.352 bits per heavy atom. The van der Waals surface area contributed by atoms with Crippen LogP contribution in [0.15, 0.2) is 200 Å². The number of hydrogen-bond acceptors (Lipinski definition) is 1. The summed E-state index contributed by atoms with van der Waals surface area (Å²) in [6.45, 7) is 18.1. The molecular formula is C66H45N5. The molecule has 13 rings (SSSR count). The first-order chi connectivity index (χ1) is 34.8. The normalized spacial score (nSPS) is 11.6. The summed E-state index contributed by atoms with van der Waals surface area (Å²) in [5.74, 6) is 0. The summed E-state index contributed by atoms with van der Waals surface area (Å²) in [5.41, 5.74) is 19.2. The summed E-state index contributed by atoms with van der Waals surface area (Å²) in [6, 6.07) is 74.0. The molecule has 0 saturated heterocycles. The van der Waals surface area contributed by atoms with Gasteiger partial charge >= 0.3 is 0 Å². The molecule has 334 valence electrons. The molecule has 71 heavy (non-hydrogen) atoms. The van der Waals surface area contributed by atoms with E-state index in [1.165, 1.54) is 0 Å². The highest BCUT2D eigenvalue weighted by atomic mass is 15.1. The molecule has 0 aliphatic carbocycles. The van der Waals surface area contributed by atoms with Crippen LogP contribution in [-0.4, -0.2) is 13.7 Å². The van der Waals surface area contributed by atoms with Gasteiger partial charge in [0.05, 0.1) is 62.3 Å². The van der Waals surface area contributed by atoms with Crippen LogP contribution in [-0.2, 0) is 0 Å². The minimum absolute atomic E-state index is 0.388. The molecule has 0 spiro atoms. The Labute approximate surface area is 411 Å². The number of benzene rings is 10. The number of fused-ring (bicyclic) bond motifs is 9. The fourth-order valence-electron chi connectivity index (χ4n) is 11.3. The molecule has 0 aliphatic heterocycles. The molecule has 0 N–H and O–H groups in total. The van der Waals surface area contributed by atoms with Crippen LogP contribution in [0.5, 0.6) is 0 Å². The van der Waals surface area contributed by atoms with Crippen LogP contribution < -0.4 is 0 Å². The first kappa shape index (κ1) is 41.7. The van der Waals surface area contributed by atoms with Gasteiger partial charge in [-0.15, -0.1) is 0 Å². The van der Waals surface area contributed by atoms with Crippen molar-refractivity contribution in [3.05, 3.63) is 239 Å². The predicted octanol–water partition coefficient (Wildman–Crippen LogP) is 17.6. The van der Waals surface area contributed by atoms with Gasteiger partial charge in [-0.1, -0.05) is 150 Å². The number of hydrogen-bond donors (Lipinski definition) is 0. The second-order valence-corrected chi connectivity index (χ2v) is 19.0. The van der Waals surface area contributed by atoms with Gasteiger partial charge in [-0.05, 0) is 128 Å². The van der Waals surface area contributed by atoms with Crippen molar-refractivity contribution in [2.75, 3.05) is 0 Å². The largest absolute Gasteiger partial charge is 0.318 e. The van der Waals surface area contributed by atoms with Gasteiger partial charge in [0.15, 0.2) is 0 Å². The zero-order valence-electron chi connectivity index (χ0n) is 39.8. The molecule has 0 atom stereocenters. The van der Waals surface area contributed by atoms with E-state index in [1.807, 2.05) is 18.2 Å². The van der Waals surface area contributed by atoms with E-state index in [4.69, 9.17) is 0 Å². The van der Waals surface area contributed by atoms with Crippen molar-refractivity contribution >= 4 is 71.1 Å². The third kappa shape index (κ3) is 6.38. The van der Waals surface area contributed by atoms with E-state index in [1.54, 1.807) is 0 Å². The summed E-state index contributed by atoms with van der Waals surface area (Å²) >= 11 is 0. The average molecular weight is 908 g/mol. The summed E-state index contributed by atoms with van der Waals surface area (Å²) < 4.78 is 6.83. The van der Waals surface area contributed by atoms with Crippen molar-refractivity contribution in [1.82, 2.24) is 13.7 Å². The molecular weight excluding hydrogens is 863 g/mol. The topological polar surface area (TPSA) is 42.9 Å². The second kappa shape index (κ2) is 16.1. The molecule has 0 unspecified atom stereocenters. The summed E-state index contributed by atoms with van der Waals surface area (Å²) in [4.78, 5) is 4.67. The number of nitriles is 1. The van der Waals surface area contributed by atoms with Crippen molar-refractivity contribution in [3.8, 4) is 56.5 Å². The van der Waals surface area contributed by atoms with Gasteiger partial charge in [0.2, 0.25) is 5.69 Å². The van der Waals surface area contributed by atoms with E-state index in [0.717, 1.165) is 121 Å². The maximum atomic E-state index is 12.2. The molecule has 0 amide bonds. The van der Waals surface area contributed by atoms with Crippen LogP contribution in [0.1, 0.15) is 27.8 Å². The molecule has 5 nitrogen and oxygen atoms in total. The minimum Gasteiger partial charge on any atom is -0.318 e. The predicted molar refractivity (Wildman–Crippen MR) is 296 cm³/mol. The lowest BCUT2D eigenvalue weighted by Gasteiger charge is -2.26. The summed E-state index contributed by atoms with van der Waals surface area (Å²) in [6.07, 6.45) is 0. The van der Waals surface area contributed by atoms with Crippen LogP contribution >= 0.6 is 0 Å². The quantitative estimate of drug-likeness (QED) is 0.153. The van der Waals surface area contributed by atoms with Gasteiger partial charge in [-0.3, -0.25) is 0 Å². The maximum Gasteiger partial charge on any atom is 0.236 e. The Kier molecular flexibility index (Phi) is 9.46. The molecule has 0 bridgehead atoms. The van der Waals surface area contributed by atoms with Crippen molar-refractivity contribution in [3.63, 3.8) is 0 Å². The fourth-order valence-corrected chi connectivity index (χ4v) is 11.3. The van der Waals surface area contributed by atoms with Crippen molar-refractivity contribution in [2.45, 2.75) is 27.7 Å². The lowest BCUT2D eigenvalue weighted by molar-refractivity contribution is 1.09. The first-order valence-electron chi connectivity index (χ1n) is 24.1. The van der Waals surface area contributed by atoms with Gasteiger partial charge in [-0.25, -0.2) is 4.85 Å². The molecule has 3 heterocycles. The number of nitrogens with zero attached hydrogens (tertiary/aromatic N) is 5. The van der Waals surface area contributed by atoms with Gasteiger partial charge in [0, 0.05) is 37.9 Å². The van der Waals surface area contributed by atoms with Crippen molar-refractivity contribution in [1.29, 1.82) is 5.26 Å². The van der Waals surface area contributed by atoms with E-state index in [9.17, 15) is 11.8 Å². The summed E-state index contributed by atoms with van der Waals surface area (Å²) in [5, 5.41) is 18.7. The number of aryl methyl sites for hydroxylation is 4. The van der Waals surface area contributed by atoms with Gasteiger partial charge in [-0.2, -0.15) is 5.26 Å². The van der Waals surface area contributed by atoms with E-state index in [0.29, 0.717) is 28.3 Å². The van der Waals surface area contributed by atoms with Crippen LogP contribution in [0.4, 0.5) is 5.69 Å². The second-order valence-electron chi connectivity index (χ2n) is 19.0. The van der Waals surface area contributed by atoms with Gasteiger partial charge in [0.25, 0.3) is 0 Å². The molecule has 5 heteroatoms. The molecule has 0 radical (unpaired) electrons. The Bertz CT molecular complexity index is 4180. The standard InChI is InChI=1S/C66H45N5/c1-40-22-28-57-49(33-40)50-34-41(2)23-29-58(50)70(57)65-55(39-67)64(69-56-27-21-42(3)35-51(56)53-37-47(25-31-60(53)69)44-15-9-6-10-16-44)62(46-19-13-8-14-20-46)66(63(65)68-5)71-59-30-24-43(4)36-52(59)54-38-48(26-32-61(54)71)45-17-11-7-12-18-45/h6-38H,1-4H3.